The number of nitrogens with one attached hydrogen (secondary N) is 2. The average molecular weight is 653 g/mol. The Labute approximate surface area is 293 Å². The predicted octanol–water partition coefficient (Wildman–Crippen LogP) is -5.25. The van der Waals surface area contributed by atoms with Crippen molar-refractivity contribution < 1.29 is 90.2 Å². The van der Waals surface area contributed by atoms with Crippen LogP contribution in [-0.2, 0) is 26.8 Å². The average Bonchev–Trinajstić information content (AvgIpc) is 2.95. The molecule has 0 aliphatic heterocycles. The molecule has 0 atom stereocenters. The first kappa shape index (κ1) is 35.7. The zero-order valence-electron chi connectivity index (χ0n) is 23.1. The quantitative estimate of drug-likeness (QED) is 0.0857. The van der Waals surface area contributed by atoms with Gasteiger partial charge in [0.1, 0.15) is 25.6 Å². The number of fused-ring (bicyclic) bond motifs is 2. The summed E-state index contributed by atoms with van der Waals surface area (Å²) in [7, 11) is -9.57. The maximum Gasteiger partial charge on any atom is 1.00 e. The van der Waals surface area contributed by atoms with E-state index < -0.39 is 52.8 Å². The van der Waals surface area contributed by atoms with Gasteiger partial charge in [0.25, 0.3) is 0 Å². The van der Waals surface area contributed by atoms with Crippen LogP contribution in [0, 0.1) is 0 Å². The van der Waals surface area contributed by atoms with E-state index in [0.717, 1.165) is 18.2 Å². The van der Waals surface area contributed by atoms with Crippen molar-refractivity contribution >= 4 is 53.2 Å². The summed E-state index contributed by atoms with van der Waals surface area (Å²) in [5, 5.41) is 17.6. The first-order chi connectivity index (χ1) is 19.9. The SMILES string of the molecule is O=c1c(CO)c/c(=N\Nc2ccc(S(=O)(=O)[O-])c3ccccc23)c(=O)/c1=N\Nc1ccc(S(=O)(=O)[O-])c2ccccc12.[Na+].[Na+]. The van der Waals surface area contributed by atoms with E-state index in [4.69, 9.17) is 0 Å². The summed E-state index contributed by atoms with van der Waals surface area (Å²) in [6, 6.07) is 18.0. The van der Waals surface area contributed by atoms with Crippen molar-refractivity contribution in [2.45, 2.75) is 16.4 Å². The molecule has 0 unspecified atom stereocenters. The second kappa shape index (κ2) is 14.1. The molecule has 0 spiro atoms. The van der Waals surface area contributed by atoms with Crippen LogP contribution >= 0.6 is 0 Å². The van der Waals surface area contributed by atoms with Gasteiger partial charge in [0.15, 0.2) is 5.36 Å². The number of aliphatic hydroxyl groups is 1. The first-order valence-corrected chi connectivity index (χ1v) is 14.8. The molecular weight excluding hydrogens is 634 g/mol. The van der Waals surface area contributed by atoms with Gasteiger partial charge in [-0.1, -0.05) is 48.5 Å². The minimum absolute atomic E-state index is 0. The minimum Gasteiger partial charge on any atom is -0.744 e. The van der Waals surface area contributed by atoms with Crippen molar-refractivity contribution in [2.75, 3.05) is 10.9 Å². The van der Waals surface area contributed by atoms with E-state index in [2.05, 4.69) is 21.1 Å². The Kier molecular flexibility index (Phi) is 11.4. The first-order valence-electron chi connectivity index (χ1n) is 11.9. The molecule has 0 radical (unpaired) electrons. The summed E-state index contributed by atoms with van der Waals surface area (Å²) in [6.45, 7) is -0.748. The Morgan fingerprint density at radius 3 is 1.50 bits per heavy atom. The van der Waals surface area contributed by atoms with Crippen molar-refractivity contribution in [3.8, 4) is 0 Å². The molecule has 0 fully saturated rings. The Bertz CT molecular complexity index is 2360. The van der Waals surface area contributed by atoms with Gasteiger partial charge in [-0.3, -0.25) is 20.4 Å². The van der Waals surface area contributed by atoms with E-state index in [0.29, 0.717) is 5.39 Å². The topological polar surface area (TPSA) is 218 Å². The van der Waals surface area contributed by atoms with Gasteiger partial charge in [-0.05, 0) is 30.3 Å². The molecule has 0 heterocycles. The number of benzene rings is 5. The summed E-state index contributed by atoms with van der Waals surface area (Å²) in [5.41, 5.74) is 3.61. The fourth-order valence-electron chi connectivity index (χ4n) is 4.39. The largest absolute Gasteiger partial charge is 1.00 e. The molecule has 0 saturated carbocycles. The van der Waals surface area contributed by atoms with Crippen LogP contribution in [0.3, 0.4) is 0 Å². The molecule has 0 bridgehead atoms. The van der Waals surface area contributed by atoms with Gasteiger partial charge < -0.3 is 14.2 Å². The van der Waals surface area contributed by atoms with Crippen LogP contribution in [0.15, 0.2) is 108 Å². The molecule has 17 heteroatoms. The van der Waals surface area contributed by atoms with Gasteiger partial charge in [-0.2, -0.15) is 10.2 Å². The third-order valence-corrected chi connectivity index (χ3v) is 8.12. The van der Waals surface area contributed by atoms with Crippen LogP contribution in [-0.4, -0.2) is 31.0 Å². The second-order valence-corrected chi connectivity index (χ2v) is 11.6. The van der Waals surface area contributed by atoms with E-state index >= 15 is 0 Å². The smallest absolute Gasteiger partial charge is 0.744 e. The molecule has 5 rings (SSSR count). The minimum atomic E-state index is -4.80. The molecule has 5 aromatic carbocycles. The molecular formula is C27H18N4Na2O9S2. The van der Waals surface area contributed by atoms with Crippen molar-refractivity contribution in [3.05, 3.63) is 116 Å². The third-order valence-electron chi connectivity index (χ3n) is 6.33. The van der Waals surface area contributed by atoms with Crippen molar-refractivity contribution in [1.82, 2.24) is 0 Å². The molecule has 214 valence electrons. The fourth-order valence-corrected chi connectivity index (χ4v) is 5.75. The Balaban J connectivity index is 0.00000264. The van der Waals surface area contributed by atoms with E-state index in [1.165, 1.54) is 42.5 Å². The zero-order chi connectivity index (χ0) is 30.2. The standard InChI is InChI=1S/C27H20N4O9S2.2Na/c32-14-15-13-22(30-28-20-9-11-23(41(35,36)37)18-7-3-1-5-16(18)20)27(34)25(26(15)33)31-29-21-10-12-24(42(38,39)40)19-8-4-2-6-17(19)21;;/h1-13,28-29,32H,14H2,(H,35,36,37)(H,38,39,40);;/q;2*+1/p-2/b30-22+,31-25-;;. The van der Waals surface area contributed by atoms with Crippen LogP contribution in [0.5, 0.6) is 0 Å². The summed E-state index contributed by atoms with van der Waals surface area (Å²) in [4.78, 5) is 25.2. The van der Waals surface area contributed by atoms with E-state index in [1.807, 2.05) is 0 Å². The summed E-state index contributed by atoms with van der Waals surface area (Å²) in [5.74, 6) is 0. The molecule has 44 heavy (non-hydrogen) atoms. The normalized spacial score (nSPS) is 12.5. The van der Waals surface area contributed by atoms with E-state index in [-0.39, 0.29) is 97.6 Å². The number of anilines is 2. The van der Waals surface area contributed by atoms with Gasteiger partial charge >= 0.3 is 59.1 Å². The number of rotatable bonds is 7. The van der Waals surface area contributed by atoms with Crippen molar-refractivity contribution in [3.63, 3.8) is 0 Å². The molecule has 3 N–H and O–H groups in total. The van der Waals surface area contributed by atoms with Gasteiger partial charge in [-0.25, -0.2) is 16.8 Å². The fraction of sp³-hybridized carbons (Fsp3) is 0.0370. The van der Waals surface area contributed by atoms with E-state index in [1.54, 1.807) is 18.2 Å². The molecule has 13 nitrogen and oxygen atoms in total. The van der Waals surface area contributed by atoms with Gasteiger partial charge in [0.2, 0.25) is 10.9 Å². The zero-order valence-corrected chi connectivity index (χ0v) is 28.8. The summed E-state index contributed by atoms with van der Waals surface area (Å²) < 4.78 is 70.0. The molecule has 0 aliphatic rings. The Hall–Kier alpha value is -2.80. The van der Waals surface area contributed by atoms with Crippen LogP contribution in [0.1, 0.15) is 5.56 Å². The summed E-state index contributed by atoms with van der Waals surface area (Å²) >= 11 is 0. The van der Waals surface area contributed by atoms with Crippen molar-refractivity contribution in [2.24, 2.45) is 10.2 Å². The maximum absolute atomic E-state index is 13.2. The van der Waals surface area contributed by atoms with Crippen molar-refractivity contribution in [1.29, 1.82) is 0 Å². The van der Waals surface area contributed by atoms with Gasteiger partial charge in [0.05, 0.1) is 27.8 Å². The number of nitrogens with zero attached hydrogens (tertiary/aromatic N) is 2. The van der Waals surface area contributed by atoms with Gasteiger partial charge in [-0.15, -0.1) is 0 Å². The maximum atomic E-state index is 13.2. The molecule has 5 aromatic rings. The predicted molar refractivity (Wildman–Crippen MR) is 149 cm³/mol. The Morgan fingerprint density at radius 1 is 0.636 bits per heavy atom. The van der Waals surface area contributed by atoms with Crippen LogP contribution in [0.2, 0.25) is 0 Å². The molecule has 0 aromatic heterocycles. The number of aliphatic hydroxyl groups excluding tert-OH is 1. The van der Waals surface area contributed by atoms with Gasteiger partial charge in [0, 0.05) is 27.1 Å². The van der Waals surface area contributed by atoms with E-state index in [9.17, 15) is 40.6 Å². The third kappa shape index (κ3) is 7.19. The molecule has 0 amide bonds. The summed E-state index contributed by atoms with van der Waals surface area (Å²) in [6.07, 6.45) is 0. The second-order valence-electron chi connectivity index (χ2n) is 8.89. The van der Waals surface area contributed by atoms with Crippen LogP contribution in [0.25, 0.3) is 21.5 Å². The molecule has 0 saturated heterocycles. The molecule has 0 aliphatic carbocycles. The number of hydrogen-bond acceptors (Lipinski definition) is 13. The Morgan fingerprint density at radius 2 is 1.07 bits per heavy atom. The van der Waals surface area contributed by atoms with Crippen LogP contribution in [0.4, 0.5) is 11.4 Å². The number of hydrogen-bond donors (Lipinski definition) is 3. The van der Waals surface area contributed by atoms with Crippen LogP contribution < -0.4 is 91.5 Å². The monoisotopic (exact) mass is 652 g/mol.